The van der Waals surface area contributed by atoms with E-state index in [0.29, 0.717) is 0 Å². The molecule has 0 aliphatic rings. The number of nitrogens with one attached hydrogen (secondary N) is 1. The molecule has 1 aromatic heterocycles. The second-order valence-electron chi connectivity index (χ2n) is 3.84. The molecule has 1 N–H and O–H groups in total. The molecule has 0 saturated heterocycles. The molecule has 0 spiro atoms. The van der Waals surface area contributed by atoms with Crippen LogP contribution in [0.4, 0.5) is 5.69 Å². The molecule has 0 aliphatic heterocycles. The van der Waals surface area contributed by atoms with Crippen LogP contribution in [0.1, 0.15) is 11.1 Å². The maximum Gasteiger partial charge on any atom is 0.0729 e. The summed E-state index contributed by atoms with van der Waals surface area (Å²) < 4.78 is 1.77. The van der Waals surface area contributed by atoms with Gasteiger partial charge in [0.1, 0.15) is 0 Å². The van der Waals surface area contributed by atoms with Gasteiger partial charge in [0.15, 0.2) is 0 Å². The van der Waals surface area contributed by atoms with E-state index in [1.54, 1.807) is 4.68 Å². The number of benzene rings is 1. The number of nitrogens with zero attached hydrogens (tertiary/aromatic N) is 2. The van der Waals surface area contributed by atoms with Gasteiger partial charge in [-0.15, -0.1) is 0 Å². The van der Waals surface area contributed by atoms with Gasteiger partial charge in [-0.05, 0) is 24.1 Å². The van der Waals surface area contributed by atoms with Crippen molar-refractivity contribution in [1.29, 1.82) is 0 Å². The Bertz CT molecular complexity index is 491. The Morgan fingerprint density at radius 2 is 2.25 bits per heavy atom. The molecule has 16 heavy (non-hydrogen) atoms. The first-order valence-corrected chi connectivity index (χ1v) is 5.50. The molecule has 2 aromatic rings. The predicted molar refractivity (Wildman–Crippen MR) is 66.7 cm³/mol. The van der Waals surface area contributed by atoms with E-state index in [2.05, 4.69) is 16.5 Å². The third-order valence-corrected chi connectivity index (χ3v) is 2.85. The second kappa shape index (κ2) is 4.58. The van der Waals surface area contributed by atoms with Crippen LogP contribution in [0.5, 0.6) is 0 Å². The molecule has 0 radical (unpaired) electrons. The molecular weight excluding hydrogens is 222 g/mol. The standard InChI is InChI=1S/C12H14ClN3/c1-9-5-10(3-4-12(9)13)6-14-11-7-15-16(2)8-11/h3-5,7-8,14H,6H2,1-2H3. The second-order valence-corrected chi connectivity index (χ2v) is 4.25. The number of aromatic nitrogens is 2. The van der Waals surface area contributed by atoms with Crippen LogP contribution in [-0.2, 0) is 13.6 Å². The van der Waals surface area contributed by atoms with Crippen LogP contribution in [0, 0.1) is 6.92 Å². The first kappa shape index (κ1) is 11.0. The monoisotopic (exact) mass is 235 g/mol. The topological polar surface area (TPSA) is 29.9 Å². The predicted octanol–water partition coefficient (Wildman–Crippen LogP) is 2.99. The number of aryl methyl sites for hydroxylation is 2. The van der Waals surface area contributed by atoms with E-state index in [0.717, 1.165) is 22.8 Å². The van der Waals surface area contributed by atoms with Gasteiger partial charge < -0.3 is 5.32 Å². The highest BCUT2D eigenvalue weighted by Crippen LogP contribution is 2.17. The lowest BCUT2D eigenvalue weighted by molar-refractivity contribution is 0.768. The Balaban J connectivity index is 2.02. The zero-order valence-corrected chi connectivity index (χ0v) is 10.1. The van der Waals surface area contributed by atoms with Crippen molar-refractivity contribution in [2.45, 2.75) is 13.5 Å². The van der Waals surface area contributed by atoms with E-state index in [-0.39, 0.29) is 0 Å². The van der Waals surface area contributed by atoms with E-state index < -0.39 is 0 Å². The summed E-state index contributed by atoms with van der Waals surface area (Å²) >= 11 is 5.97. The molecule has 0 bridgehead atoms. The van der Waals surface area contributed by atoms with Crippen molar-refractivity contribution in [3.05, 3.63) is 46.7 Å². The number of hydrogen-bond acceptors (Lipinski definition) is 2. The molecule has 4 heteroatoms. The average Bonchev–Trinajstić information content (AvgIpc) is 2.66. The Hall–Kier alpha value is -1.48. The maximum absolute atomic E-state index is 5.97. The maximum atomic E-state index is 5.97. The zero-order valence-electron chi connectivity index (χ0n) is 9.37. The van der Waals surface area contributed by atoms with Crippen molar-refractivity contribution in [3.8, 4) is 0 Å². The fraction of sp³-hybridized carbons (Fsp3) is 0.250. The van der Waals surface area contributed by atoms with Crippen LogP contribution in [0.3, 0.4) is 0 Å². The van der Waals surface area contributed by atoms with Crippen molar-refractivity contribution in [2.75, 3.05) is 5.32 Å². The molecule has 0 amide bonds. The summed E-state index contributed by atoms with van der Waals surface area (Å²) in [5.41, 5.74) is 3.34. The summed E-state index contributed by atoms with van der Waals surface area (Å²) in [6.45, 7) is 2.79. The minimum Gasteiger partial charge on any atom is -0.378 e. The summed E-state index contributed by atoms with van der Waals surface area (Å²) in [6, 6.07) is 6.04. The van der Waals surface area contributed by atoms with E-state index in [1.807, 2.05) is 38.5 Å². The normalized spacial score (nSPS) is 10.4. The van der Waals surface area contributed by atoms with Crippen molar-refractivity contribution in [3.63, 3.8) is 0 Å². The van der Waals surface area contributed by atoms with Crippen LogP contribution in [0.2, 0.25) is 5.02 Å². The van der Waals surface area contributed by atoms with Crippen molar-refractivity contribution in [2.24, 2.45) is 7.05 Å². The SMILES string of the molecule is Cc1cc(CNc2cnn(C)c2)ccc1Cl. The van der Waals surface area contributed by atoms with Gasteiger partial charge in [0.05, 0.1) is 11.9 Å². The minimum atomic E-state index is 0.781. The van der Waals surface area contributed by atoms with E-state index >= 15 is 0 Å². The molecule has 0 aliphatic carbocycles. The first-order valence-electron chi connectivity index (χ1n) is 5.13. The number of anilines is 1. The fourth-order valence-electron chi connectivity index (χ4n) is 1.53. The molecule has 3 nitrogen and oxygen atoms in total. The smallest absolute Gasteiger partial charge is 0.0729 e. The van der Waals surface area contributed by atoms with Crippen molar-refractivity contribution < 1.29 is 0 Å². The highest BCUT2D eigenvalue weighted by molar-refractivity contribution is 6.31. The fourth-order valence-corrected chi connectivity index (χ4v) is 1.65. The quantitative estimate of drug-likeness (QED) is 0.887. The van der Waals surface area contributed by atoms with Crippen LogP contribution in [-0.4, -0.2) is 9.78 Å². The summed E-state index contributed by atoms with van der Waals surface area (Å²) in [5, 5.41) is 8.21. The summed E-state index contributed by atoms with van der Waals surface area (Å²) in [6.07, 6.45) is 3.76. The lowest BCUT2D eigenvalue weighted by atomic mass is 10.1. The average molecular weight is 236 g/mol. The van der Waals surface area contributed by atoms with Crippen LogP contribution in [0.15, 0.2) is 30.6 Å². The van der Waals surface area contributed by atoms with Crippen molar-refractivity contribution in [1.82, 2.24) is 9.78 Å². The van der Waals surface area contributed by atoms with Crippen LogP contribution in [0.25, 0.3) is 0 Å². The first-order chi connectivity index (χ1) is 7.65. The minimum absolute atomic E-state index is 0.781. The largest absolute Gasteiger partial charge is 0.378 e. The number of hydrogen-bond donors (Lipinski definition) is 1. The molecule has 2 rings (SSSR count). The van der Waals surface area contributed by atoms with Gasteiger partial charge in [-0.2, -0.15) is 5.10 Å². The van der Waals surface area contributed by atoms with Gasteiger partial charge in [0.2, 0.25) is 0 Å². The third-order valence-electron chi connectivity index (χ3n) is 2.42. The van der Waals surface area contributed by atoms with Gasteiger partial charge in [0, 0.05) is 24.8 Å². The molecule has 0 unspecified atom stereocenters. The van der Waals surface area contributed by atoms with Crippen LogP contribution < -0.4 is 5.32 Å². The van der Waals surface area contributed by atoms with Crippen LogP contribution >= 0.6 is 11.6 Å². The Kier molecular flexibility index (Phi) is 3.15. The lowest BCUT2D eigenvalue weighted by Crippen LogP contribution is -1.98. The Labute approximate surface area is 100 Å². The third kappa shape index (κ3) is 2.55. The lowest BCUT2D eigenvalue weighted by Gasteiger charge is -2.05. The Morgan fingerprint density at radius 1 is 1.44 bits per heavy atom. The van der Waals surface area contributed by atoms with Gasteiger partial charge in [-0.1, -0.05) is 23.7 Å². The molecule has 0 atom stereocenters. The molecular formula is C12H14ClN3. The molecule has 1 aromatic carbocycles. The van der Waals surface area contributed by atoms with E-state index in [4.69, 9.17) is 11.6 Å². The highest BCUT2D eigenvalue weighted by atomic mass is 35.5. The molecule has 0 saturated carbocycles. The van der Waals surface area contributed by atoms with Gasteiger partial charge in [0.25, 0.3) is 0 Å². The highest BCUT2D eigenvalue weighted by Gasteiger charge is 1.99. The summed E-state index contributed by atoms with van der Waals surface area (Å²) in [7, 11) is 1.90. The molecule has 84 valence electrons. The summed E-state index contributed by atoms with van der Waals surface area (Å²) in [4.78, 5) is 0. The van der Waals surface area contributed by atoms with E-state index in [1.165, 1.54) is 5.56 Å². The number of rotatable bonds is 3. The Morgan fingerprint density at radius 3 is 2.88 bits per heavy atom. The summed E-state index contributed by atoms with van der Waals surface area (Å²) in [5.74, 6) is 0. The van der Waals surface area contributed by atoms with Crippen molar-refractivity contribution >= 4 is 17.3 Å². The van der Waals surface area contributed by atoms with E-state index in [9.17, 15) is 0 Å². The van der Waals surface area contributed by atoms with Gasteiger partial charge in [-0.3, -0.25) is 4.68 Å². The van der Waals surface area contributed by atoms with Gasteiger partial charge in [-0.25, -0.2) is 0 Å². The van der Waals surface area contributed by atoms with Gasteiger partial charge >= 0.3 is 0 Å². The number of halogens is 1. The zero-order chi connectivity index (χ0) is 11.5. The molecule has 1 heterocycles. The molecule has 0 fully saturated rings.